The van der Waals surface area contributed by atoms with Gasteiger partial charge in [0.05, 0.1) is 33.1 Å². The molecule has 6 heteroatoms. The molecule has 0 atom stereocenters. The number of para-hydroxylation sites is 5. The predicted octanol–water partition coefficient (Wildman–Crippen LogP) is 15.3. The Kier molecular flexibility index (Phi) is 7.59. The summed E-state index contributed by atoms with van der Waals surface area (Å²) in [5.41, 5.74) is 10.7. The van der Waals surface area contributed by atoms with E-state index in [4.69, 9.17) is 19.4 Å². The zero-order valence-electron chi connectivity index (χ0n) is 34.9. The third kappa shape index (κ3) is 5.38. The Morgan fingerprint density at radius 3 is 1.72 bits per heavy atom. The molecular formula is C59H35N5O. The van der Waals surface area contributed by atoms with Gasteiger partial charge in [0.15, 0.2) is 17.5 Å². The van der Waals surface area contributed by atoms with Crippen LogP contribution in [0.5, 0.6) is 0 Å². The van der Waals surface area contributed by atoms with Crippen LogP contribution in [-0.4, -0.2) is 24.1 Å². The molecule has 0 unspecified atom stereocenters. The lowest BCUT2D eigenvalue weighted by Crippen LogP contribution is -2.03. The number of rotatable bonds is 5. The molecule has 0 amide bonds. The number of nitrogens with zero attached hydrogens (tertiary/aromatic N) is 5. The Labute approximate surface area is 371 Å². The number of hydrogen-bond acceptors (Lipinski definition) is 4. The molecule has 0 spiro atoms. The van der Waals surface area contributed by atoms with Crippen molar-refractivity contribution in [2.24, 2.45) is 0 Å². The Hall–Kier alpha value is -8.87. The molecule has 0 saturated carbocycles. The molecule has 4 aromatic heterocycles. The molecule has 302 valence electrons. The molecule has 0 aliphatic carbocycles. The van der Waals surface area contributed by atoms with Gasteiger partial charge in [0.1, 0.15) is 11.2 Å². The van der Waals surface area contributed by atoms with Crippen LogP contribution in [0.25, 0.3) is 133 Å². The lowest BCUT2D eigenvalue weighted by Gasteiger charge is -2.15. The SMILES string of the molecule is c1ccc(-n2c3ccccc3c3cccc(-c4nc(-c5cc(-n6c7ccccc7c7cc8ccccc8cc76)c6c(c5)oc5ccccc56)nc(-c5cccc6ccccc56)n4)c32)cc1. The first-order chi connectivity index (χ1) is 32.2. The lowest BCUT2D eigenvalue weighted by molar-refractivity contribution is 0.669. The standard InChI is InChI=1S/C59H35N5O/c1-2-20-40(21-3-1)63-49-29-11-8-23-42(49)44-26-15-28-47(56(44)63)59-61-57(60-58(62-59)45-27-14-19-36-16-6-7-22-41(36)45)39-34-52(55-46-25-10-13-31-53(46)65-54(55)35-39)64-50-30-12-9-24-43(50)48-32-37-17-4-5-18-38(37)33-51(48)64/h1-35H. The van der Waals surface area contributed by atoms with Crippen molar-refractivity contribution in [1.82, 2.24) is 24.1 Å². The maximum Gasteiger partial charge on any atom is 0.166 e. The molecule has 0 fully saturated rings. The zero-order chi connectivity index (χ0) is 42.6. The van der Waals surface area contributed by atoms with Gasteiger partial charge < -0.3 is 13.6 Å². The molecule has 6 nitrogen and oxygen atoms in total. The van der Waals surface area contributed by atoms with Gasteiger partial charge in [0.2, 0.25) is 0 Å². The monoisotopic (exact) mass is 829 g/mol. The molecule has 0 aliphatic heterocycles. The minimum atomic E-state index is 0.548. The van der Waals surface area contributed by atoms with E-state index >= 15 is 0 Å². The van der Waals surface area contributed by atoms with Crippen molar-refractivity contribution in [3.8, 4) is 45.5 Å². The first-order valence-electron chi connectivity index (χ1n) is 21.9. The molecule has 4 heterocycles. The summed E-state index contributed by atoms with van der Waals surface area (Å²) in [7, 11) is 0. The summed E-state index contributed by atoms with van der Waals surface area (Å²) in [4.78, 5) is 16.3. The van der Waals surface area contributed by atoms with Crippen molar-refractivity contribution in [2.75, 3.05) is 0 Å². The average Bonchev–Trinajstić information content (AvgIpc) is 4.03. The van der Waals surface area contributed by atoms with Gasteiger partial charge in [0, 0.05) is 49.3 Å². The molecule has 0 aliphatic rings. The third-order valence-corrected chi connectivity index (χ3v) is 13.1. The molecule has 14 rings (SSSR count). The first kappa shape index (κ1) is 35.7. The van der Waals surface area contributed by atoms with Gasteiger partial charge in [-0.15, -0.1) is 0 Å². The van der Waals surface area contributed by atoms with Crippen LogP contribution in [0.15, 0.2) is 217 Å². The molecule has 0 radical (unpaired) electrons. The lowest BCUT2D eigenvalue weighted by atomic mass is 10.0. The smallest absolute Gasteiger partial charge is 0.166 e. The van der Waals surface area contributed by atoms with Crippen LogP contribution < -0.4 is 0 Å². The largest absolute Gasteiger partial charge is 0.456 e. The summed E-state index contributed by atoms with van der Waals surface area (Å²) in [6, 6.07) is 74.9. The van der Waals surface area contributed by atoms with Gasteiger partial charge in [-0.1, -0.05) is 152 Å². The van der Waals surface area contributed by atoms with Crippen molar-refractivity contribution in [2.45, 2.75) is 0 Å². The topological polar surface area (TPSA) is 61.7 Å². The molecule has 10 aromatic carbocycles. The minimum absolute atomic E-state index is 0.548. The molecule has 0 saturated heterocycles. The highest BCUT2D eigenvalue weighted by Gasteiger charge is 2.24. The molecule has 0 N–H and O–H groups in total. The van der Waals surface area contributed by atoms with Gasteiger partial charge in [0.25, 0.3) is 0 Å². The van der Waals surface area contributed by atoms with Crippen molar-refractivity contribution in [3.05, 3.63) is 212 Å². The minimum Gasteiger partial charge on any atom is -0.456 e. The summed E-state index contributed by atoms with van der Waals surface area (Å²) < 4.78 is 11.5. The number of benzene rings is 10. The van der Waals surface area contributed by atoms with Crippen LogP contribution in [0.2, 0.25) is 0 Å². The second-order valence-corrected chi connectivity index (χ2v) is 16.8. The average molecular weight is 830 g/mol. The number of hydrogen-bond donors (Lipinski definition) is 0. The van der Waals surface area contributed by atoms with E-state index in [2.05, 4.69) is 209 Å². The quantitative estimate of drug-likeness (QED) is 0.173. The summed E-state index contributed by atoms with van der Waals surface area (Å²) in [6.07, 6.45) is 0. The maximum atomic E-state index is 6.80. The summed E-state index contributed by atoms with van der Waals surface area (Å²) in [5, 5.41) is 11.3. The number of aromatic nitrogens is 5. The normalized spacial score (nSPS) is 12.0. The summed E-state index contributed by atoms with van der Waals surface area (Å²) in [6.45, 7) is 0. The molecule has 14 aromatic rings. The van der Waals surface area contributed by atoms with E-state index in [-0.39, 0.29) is 0 Å². The molecule has 0 bridgehead atoms. The highest BCUT2D eigenvalue weighted by Crippen LogP contribution is 2.43. The van der Waals surface area contributed by atoms with E-state index < -0.39 is 0 Å². The summed E-state index contributed by atoms with van der Waals surface area (Å²) in [5.74, 6) is 1.72. The van der Waals surface area contributed by atoms with Gasteiger partial charge >= 0.3 is 0 Å². The second kappa shape index (κ2) is 13.8. The maximum absolute atomic E-state index is 6.80. The summed E-state index contributed by atoms with van der Waals surface area (Å²) >= 11 is 0. The molecule has 65 heavy (non-hydrogen) atoms. The van der Waals surface area contributed by atoms with Crippen LogP contribution >= 0.6 is 0 Å². The Morgan fingerprint density at radius 2 is 0.908 bits per heavy atom. The Balaban J connectivity index is 1.10. The van der Waals surface area contributed by atoms with Crippen LogP contribution in [0, 0.1) is 0 Å². The number of fused-ring (bicyclic) bond motifs is 11. The van der Waals surface area contributed by atoms with Gasteiger partial charge in [-0.25, -0.2) is 15.0 Å². The predicted molar refractivity (Wildman–Crippen MR) is 267 cm³/mol. The van der Waals surface area contributed by atoms with Crippen LogP contribution in [0.4, 0.5) is 0 Å². The van der Waals surface area contributed by atoms with Crippen molar-refractivity contribution < 1.29 is 4.42 Å². The highest BCUT2D eigenvalue weighted by molar-refractivity contribution is 6.18. The van der Waals surface area contributed by atoms with Crippen molar-refractivity contribution in [1.29, 1.82) is 0 Å². The fourth-order valence-electron chi connectivity index (χ4n) is 10.3. The van der Waals surface area contributed by atoms with Gasteiger partial charge in [-0.05, 0) is 82.2 Å². The zero-order valence-corrected chi connectivity index (χ0v) is 34.9. The van der Waals surface area contributed by atoms with E-state index in [1.54, 1.807) is 0 Å². The van der Waals surface area contributed by atoms with E-state index in [0.29, 0.717) is 17.5 Å². The van der Waals surface area contributed by atoms with Crippen molar-refractivity contribution in [3.63, 3.8) is 0 Å². The third-order valence-electron chi connectivity index (χ3n) is 13.1. The second-order valence-electron chi connectivity index (χ2n) is 16.8. The van der Waals surface area contributed by atoms with Gasteiger partial charge in [-0.2, -0.15) is 0 Å². The fraction of sp³-hybridized carbons (Fsp3) is 0. The Bertz CT molecular complexity index is 4250. The van der Waals surface area contributed by atoms with E-state index in [1.165, 1.54) is 21.5 Å². The van der Waals surface area contributed by atoms with Crippen LogP contribution in [0.1, 0.15) is 0 Å². The van der Waals surface area contributed by atoms with E-state index in [9.17, 15) is 0 Å². The fourth-order valence-corrected chi connectivity index (χ4v) is 10.3. The van der Waals surface area contributed by atoms with Crippen LogP contribution in [-0.2, 0) is 0 Å². The van der Waals surface area contributed by atoms with E-state index in [1.807, 2.05) is 12.1 Å². The number of furan rings is 1. The molecular weight excluding hydrogens is 795 g/mol. The highest BCUT2D eigenvalue weighted by atomic mass is 16.3. The van der Waals surface area contributed by atoms with Crippen molar-refractivity contribution >= 4 is 87.1 Å². The Morgan fingerprint density at radius 1 is 0.338 bits per heavy atom. The first-order valence-corrected chi connectivity index (χ1v) is 21.9. The van der Waals surface area contributed by atoms with Gasteiger partial charge in [-0.3, -0.25) is 0 Å². The van der Waals surface area contributed by atoms with Crippen LogP contribution in [0.3, 0.4) is 0 Å². The van der Waals surface area contributed by atoms with E-state index in [0.717, 1.165) is 93.6 Å².